The van der Waals surface area contributed by atoms with Crippen molar-refractivity contribution in [2.75, 3.05) is 0 Å². The quantitative estimate of drug-likeness (QED) is 0.542. The van der Waals surface area contributed by atoms with E-state index in [1.807, 2.05) is 0 Å². The van der Waals surface area contributed by atoms with Gasteiger partial charge in [-0.25, -0.2) is 8.78 Å². The molecule has 21 heavy (non-hydrogen) atoms. The molecule has 0 aliphatic heterocycles. The fourth-order valence-electron chi connectivity index (χ4n) is 1.71. The van der Waals surface area contributed by atoms with Gasteiger partial charge in [0.05, 0.1) is 11.1 Å². The Morgan fingerprint density at radius 3 is 2.29 bits per heavy atom. The first-order valence-corrected chi connectivity index (χ1v) is 6.36. The number of hydrogen-bond acceptors (Lipinski definition) is 1. The largest absolute Gasteiger partial charge is 0.417 e. The van der Waals surface area contributed by atoms with Gasteiger partial charge in [0.15, 0.2) is 5.78 Å². The van der Waals surface area contributed by atoms with E-state index in [0.29, 0.717) is 12.1 Å². The van der Waals surface area contributed by atoms with Gasteiger partial charge in [-0.3, -0.25) is 4.79 Å². The summed E-state index contributed by atoms with van der Waals surface area (Å²) < 4.78 is 64.6. The Morgan fingerprint density at radius 1 is 1.00 bits per heavy atom. The fraction of sp³-hybridized carbons (Fsp3) is 0.0714. The Balaban J connectivity index is 2.52. The Kier molecular flexibility index (Phi) is 4.13. The van der Waals surface area contributed by atoms with Gasteiger partial charge in [0.2, 0.25) is 0 Å². The van der Waals surface area contributed by atoms with E-state index in [9.17, 15) is 26.7 Å². The molecule has 0 aromatic heterocycles. The lowest BCUT2D eigenvalue weighted by Gasteiger charge is -2.11. The minimum absolute atomic E-state index is 0.244. The third kappa shape index (κ3) is 3.29. The number of carbonyl (C=O) groups excluding carboxylic acids is 1. The molecule has 0 aliphatic rings. The SMILES string of the molecule is O=C(c1ccc(Br)c(C(F)(F)F)c1)c1cc(F)ccc1F. The van der Waals surface area contributed by atoms with Crippen molar-refractivity contribution in [3.8, 4) is 0 Å². The molecule has 110 valence electrons. The van der Waals surface area contributed by atoms with Crippen LogP contribution in [0.15, 0.2) is 40.9 Å². The monoisotopic (exact) mass is 364 g/mol. The van der Waals surface area contributed by atoms with Gasteiger partial charge in [-0.2, -0.15) is 13.2 Å². The summed E-state index contributed by atoms with van der Waals surface area (Å²) in [6.45, 7) is 0. The fourth-order valence-corrected chi connectivity index (χ4v) is 2.18. The standard InChI is InChI=1S/C14H6BrF5O/c15-11-3-1-7(5-10(11)14(18,19)20)13(21)9-6-8(16)2-4-12(9)17/h1-6H. The highest BCUT2D eigenvalue weighted by molar-refractivity contribution is 9.10. The van der Waals surface area contributed by atoms with Gasteiger partial charge >= 0.3 is 6.18 Å². The van der Waals surface area contributed by atoms with E-state index in [1.165, 1.54) is 0 Å². The second kappa shape index (κ2) is 5.55. The van der Waals surface area contributed by atoms with Crippen LogP contribution in [0.4, 0.5) is 22.0 Å². The zero-order valence-electron chi connectivity index (χ0n) is 10.1. The van der Waals surface area contributed by atoms with E-state index in [2.05, 4.69) is 15.9 Å². The Bertz CT molecular complexity index is 709. The molecular weight excluding hydrogens is 359 g/mol. The minimum Gasteiger partial charge on any atom is -0.288 e. The first-order chi connectivity index (χ1) is 9.70. The van der Waals surface area contributed by atoms with Gasteiger partial charge in [-0.15, -0.1) is 0 Å². The first kappa shape index (κ1) is 15.6. The summed E-state index contributed by atoms with van der Waals surface area (Å²) in [6.07, 6.45) is -4.67. The zero-order valence-corrected chi connectivity index (χ0v) is 11.7. The molecule has 7 heteroatoms. The van der Waals surface area contributed by atoms with Crippen molar-refractivity contribution < 1.29 is 26.7 Å². The summed E-state index contributed by atoms with van der Waals surface area (Å²) >= 11 is 2.73. The van der Waals surface area contributed by atoms with Crippen LogP contribution in [0.5, 0.6) is 0 Å². The summed E-state index contributed by atoms with van der Waals surface area (Å²) in [4.78, 5) is 12.0. The minimum atomic E-state index is -4.67. The van der Waals surface area contributed by atoms with Crippen molar-refractivity contribution in [1.29, 1.82) is 0 Å². The average Bonchev–Trinajstić information content (AvgIpc) is 2.40. The lowest BCUT2D eigenvalue weighted by Crippen LogP contribution is -2.10. The predicted molar refractivity (Wildman–Crippen MR) is 68.9 cm³/mol. The lowest BCUT2D eigenvalue weighted by molar-refractivity contribution is -0.138. The molecule has 0 spiro atoms. The average molecular weight is 365 g/mol. The van der Waals surface area contributed by atoms with Gasteiger partial charge < -0.3 is 0 Å². The summed E-state index contributed by atoms with van der Waals surface area (Å²) in [5.74, 6) is -2.88. The molecule has 0 amide bonds. The van der Waals surface area contributed by atoms with Gasteiger partial charge in [0.25, 0.3) is 0 Å². The number of rotatable bonds is 2. The van der Waals surface area contributed by atoms with Crippen LogP contribution in [0.2, 0.25) is 0 Å². The molecule has 0 bridgehead atoms. The highest BCUT2D eigenvalue weighted by atomic mass is 79.9. The summed E-state index contributed by atoms with van der Waals surface area (Å²) in [6, 6.07) is 4.93. The second-order valence-electron chi connectivity index (χ2n) is 4.15. The third-order valence-electron chi connectivity index (χ3n) is 2.71. The molecule has 0 aliphatic carbocycles. The van der Waals surface area contributed by atoms with Crippen molar-refractivity contribution >= 4 is 21.7 Å². The van der Waals surface area contributed by atoms with E-state index >= 15 is 0 Å². The number of halogens is 6. The third-order valence-corrected chi connectivity index (χ3v) is 3.40. The highest BCUT2D eigenvalue weighted by Gasteiger charge is 2.33. The van der Waals surface area contributed by atoms with E-state index in [-0.39, 0.29) is 10.0 Å². The van der Waals surface area contributed by atoms with E-state index in [4.69, 9.17) is 0 Å². The number of carbonyl (C=O) groups is 1. The van der Waals surface area contributed by atoms with Crippen molar-refractivity contribution in [3.63, 3.8) is 0 Å². The number of alkyl halides is 3. The van der Waals surface area contributed by atoms with Gasteiger partial charge in [0.1, 0.15) is 11.6 Å². The normalized spacial score (nSPS) is 11.5. The zero-order chi connectivity index (χ0) is 15.8. The van der Waals surface area contributed by atoms with E-state index in [0.717, 1.165) is 24.3 Å². The molecule has 2 rings (SSSR count). The van der Waals surface area contributed by atoms with Gasteiger partial charge in [-0.05, 0) is 36.4 Å². The summed E-state index contributed by atoms with van der Waals surface area (Å²) in [5, 5.41) is 0. The molecule has 0 heterocycles. The molecule has 0 unspecified atom stereocenters. The summed E-state index contributed by atoms with van der Waals surface area (Å²) in [7, 11) is 0. The molecule has 1 nitrogen and oxygen atoms in total. The van der Waals surface area contributed by atoms with Crippen molar-refractivity contribution in [3.05, 3.63) is 69.2 Å². The maximum absolute atomic E-state index is 13.5. The molecule has 0 N–H and O–H groups in total. The van der Waals surface area contributed by atoms with E-state index in [1.54, 1.807) is 0 Å². The van der Waals surface area contributed by atoms with Crippen molar-refractivity contribution in [2.24, 2.45) is 0 Å². The molecule has 2 aromatic carbocycles. The van der Waals surface area contributed by atoms with E-state index < -0.39 is 34.7 Å². The smallest absolute Gasteiger partial charge is 0.288 e. The molecule has 0 fully saturated rings. The van der Waals surface area contributed by atoms with Crippen LogP contribution in [-0.2, 0) is 6.18 Å². The lowest BCUT2D eigenvalue weighted by atomic mass is 10.0. The van der Waals surface area contributed by atoms with Crippen LogP contribution in [-0.4, -0.2) is 5.78 Å². The van der Waals surface area contributed by atoms with Crippen LogP contribution in [0, 0.1) is 11.6 Å². The number of ketones is 1. The van der Waals surface area contributed by atoms with Crippen LogP contribution in [0.1, 0.15) is 21.5 Å². The molecule has 0 saturated heterocycles. The first-order valence-electron chi connectivity index (χ1n) is 5.56. The molecule has 0 atom stereocenters. The van der Waals surface area contributed by atoms with Crippen LogP contribution in [0.3, 0.4) is 0 Å². The van der Waals surface area contributed by atoms with Crippen molar-refractivity contribution in [2.45, 2.75) is 6.18 Å². The summed E-state index contributed by atoms with van der Waals surface area (Å²) in [5.41, 5.74) is -2.06. The number of benzene rings is 2. The Labute approximate surface area is 124 Å². The Hall–Kier alpha value is -1.76. The maximum Gasteiger partial charge on any atom is 0.417 e. The predicted octanol–water partition coefficient (Wildman–Crippen LogP) is 4.98. The van der Waals surface area contributed by atoms with Gasteiger partial charge in [-0.1, -0.05) is 15.9 Å². The molecule has 0 radical (unpaired) electrons. The molecule has 2 aromatic rings. The number of hydrogen-bond donors (Lipinski definition) is 0. The van der Waals surface area contributed by atoms with Crippen LogP contribution < -0.4 is 0 Å². The van der Waals surface area contributed by atoms with Crippen LogP contribution in [0.25, 0.3) is 0 Å². The van der Waals surface area contributed by atoms with Crippen LogP contribution >= 0.6 is 15.9 Å². The van der Waals surface area contributed by atoms with Crippen molar-refractivity contribution in [1.82, 2.24) is 0 Å². The highest BCUT2D eigenvalue weighted by Crippen LogP contribution is 2.35. The second-order valence-corrected chi connectivity index (χ2v) is 5.00. The maximum atomic E-state index is 13.5. The topological polar surface area (TPSA) is 17.1 Å². The molecular formula is C14H6BrF5O. The molecule has 0 saturated carbocycles. The van der Waals surface area contributed by atoms with Gasteiger partial charge in [0, 0.05) is 10.0 Å². The Morgan fingerprint density at radius 2 is 1.67 bits per heavy atom.